The number of hydrazine groups is 1. The summed E-state index contributed by atoms with van der Waals surface area (Å²) in [6.45, 7) is 4.04. The standard InChI is InChI=1S/C12H14N4S/c1-8-5-3-4-6-10(8)17-12-9(2)11(16-13)14-7-15-12/h3-7H,13H2,1-2H3,(H,14,15,16). The zero-order valence-electron chi connectivity index (χ0n) is 9.77. The summed E-state index contributed by atoms with van der Waals surface area (Å²) in [5.41, 5.74) is 4.77. The van der Waals surface area contributed by atoms with Crippen molar-refractivity contribution in [3.05, 3.63) is 41.7 Å². The van der Waals surface area contributed by atoms with E-state index >= 15 is 0 Å². The van der Waals surface area contributed by atoms with Crippen molar-refractivity contribution >= 4 is 17.6 Å². The van der Waals surface area contributed by atoms with Gasteiger partial charge in [-0.15, -0.1) is 0 Å². The lowest BCUT2D eigenvalue weighted by molar-refractivity contribution is 0.995. The Balaban J connectivity index is 2.34. The van der Waals surface area contributed by atoms with Gasteiger partial charge in [0.2, 0.25) is 0 Å². The summed E-state index contributed by atoms with van der Waals surface area (Å²) >= 11 is 1.62. The molecule has 0 aliphatic heterocycles. The normalized spacial score (nSPS) is 10.3. The zero-order valence-corrected chi connectivity index (χ0v) is 10.6. The van der Waals surface area contributed by atoms with Gasteiger partial charge in [-0.2, -0.15) is 0 Å². The van der Waals surface area contributed by atoms with Crippen LogP contribution < -0.4 is 11.3 Å². The topological polar surface area (TPSA) is 63.8 Å². The molecule has 2 aromatic rings. The second kappa shape index (κ2) is 5.16. The first-order valence-corrected chi connectivity index (χ1v) is 6.05. The lowest BCUT2D eigenvalue weighted by atomic mass is 10.2. The molecule has 1 aromatic heterocycles. The summed E-state index contributed by atoms with van der Waals surface area (Å²) < 4.78 is 0. The maximum Gasteiger partial charge on any atom is 0.147 e. The van der Waals surface area contributed by atoms with Gasteiger partial charge in [-0.25, -0.2) is 15.8 Å². The SMILES string of the molecule is Cc1ccccc1Sc1ncnc(NN)c1C. The number of aryl methyl sites for hydroxylation is 1. The van der Waals surface area contributed by atoms with Crippen LogP contribution in [0.2, 0.25) is 0 Å². The van der Waals surface area contributed by atoms with E-state index in [-0.39, 0.29) is 0 Å². The molecule has 1 aromatic carbocycles. The summed E-state index contributed by atoms with van der Waals surface area (Å²) in [4.78, 5) is 9.53. The van der Waals surface area contributed by atoms with Crippen molar-refractivity contribution in [3.63, 3.8) is 0 Å². The molecule has 0 radical (unpaired) electrons. The Morgan fingerprint density at radius 1 is 1.18 bits per heavy atom. The van der Waals surface area contributed by atoms with Crippen molar-refractivity contribution in [2.45, 2.75) is 23.8 Å². The van der Waals surface area contributed by atoms with E-state index in [1.54, 1.807) is 11.8 Å². The Morgan fingerprint density at radius 2 is 1.94 bits per heavy atom. The number of benzene rings is 1. The summed E-state index contributed by atoms with van der Waals surface area (Å²) in [6, 6.07) is 8.21. The summed E-state index contributed by atoms with van der Waals surface area (Å²) in [7, 11) is 0. The van der Waals surface area contributed by atoms with Gasteiger partial charge in [0.25, 0.3) is 0 Å². The van der Waals surface area contributed by atoms with Crippen LogP contribution in [0, 0.1) is 13.8 Å². The number of hydrogen-bond donors (Lipinski definition) is 2. The molecule has 5 heteroatoms. The Kier molecular flexibility index (Phi) is 3.61. The van der Waals surface area contributed by atoms with Crippen molar-refractivity contribution < 1.29 is 0 Å². The van der Waals surface area contributed by atoms with E-state index in [1.165, 1.54) is 16.8 Å². The van der Waals surface area contributed by atoms with Gasteiger partial charge in [-0.3, -0.25) is 0 Å². The molecule has 0 unspecified atom stereocenters. The number of hydrogen-bond acceptors (Lipinski definition) is 5. The van der Waals surface area contributed by atoms with E-state index in [0.29, 0.717) is 5.82 Å². The van der Waals surface area contributed by atoms with Crippen molar-refractivity contribution in [1.29, 1.82) is 0 Å². The molecule has 0 aliphatic carbocycles. The molecular formula is C12H14N4S. The van der Waals surface area contributed by atoms with E-state index < -0.39 is 0 Å². The molecular weight excluding hydrogens is 232 g/mol. The summed E-state index contributed by atoms with van der Waals surface area (Å²) in [5.74, 6) is 6.06. The van der Waals surface area contributed by atoms with Crippen molar-refractivity contribution in [2.75, 3.05) is 5.43 Å². The van der Waals surface area contributed by atoms with Crippen LogP contribution in [0.5, 0.6) is 0 Å². The first-order chi connectivity index (χ1) is 8.22. The van der Waals surface area contributed by atoms with E-state index in [0.717, 1.165) is 10.6 Å². The third-order valence-electron chi connectivity index (χ3n) is 2.47. The average molecular weight is 246 g/mol. The van der Waals surface area contributed by atoms with Crippen LogP contribution >= 0.6 is 11.8 Å². The zero-order chi connectivity index (χ0) is 12.3. The monoisotopic (exact) mass is 246 g/mol. The molecule has 0 bridgehead atoms. The van der Waals surface area contributed by atoms with Crippen LogP contribution in [0.15, 0.2) is 40.5 Å². The molecule has 0 aliphatic rings. The van der Waals surface area contributed by atoms with Gasteiger partial charge in [0, 0.05) is 10.5 Å². The van der Waals surface area contributed by atoms with Gasteiger partial charge in [0.15, 0.2) is 0 Å². The number of nitrogens with zero attached hydrogens (tertiary/aromatic N) is 2. The largest absolute Gasteiger partial charge is 0.308 e. The van der Waals surface area contributed by atoms with Crippen LogP contribution in [-0.2, 0) is 0 Å². The molecule has 1 heterocycles. The number of anilines is 1. The van der Waals surface area contributed by atoms with E-state index in [9.17, 15) is 0 Å². The molecule has 0 atom stereocenters. The Labute approximate surface area is 105 Å². The minimum atomic E-state index is 0.663. The van der Waals surface area contributed by atoms with Gasteiger partial charge in [-0.05, 0) is 25.5 Å². The molecule has 17 heavy (non-hydrogen) atoms. The van der Waals surface area contributed by atoms with E-state index in [1.807, 2.05) is 19.1 Å². The number of nitrogens with two attached hydrogens (primary N) is 1. The molecule has 0 saturated heterocycles. The summed E-state index contributed by atoms with van der Waals surface area (Å²) in [6.07, 6.45) is 1.52. The lowest BCUT2D eigenvalue weighted by Gasteiger charge is -2.09. The second-order valence-electron chi connectivity index (χ2n) is 3.66. The Morgan fingerprint density at radius 3 is 2.65 bits per heavy atom. The number of rotatable bonds is 3. The first-order valence-electron chi connectivity index (χ1n) is 5.24. The maximum absolute atomic E-state index is 5.39. The molecule has 88 valence electrons. The van der Waals surface area contributed by atoms with E-state index in [4.69, 9.17) is 5.84 Å². The first kappa shape index (κ1) is 11.9. The maximum atomic E-state index is 5.39. The molecule has 2 rings (SSSR count). The average Bonchev–Trinajstić information content (AvgIpc) is 2.34. The molecule has 0 fully saturated rings. The highest BCUT2D eigenvalue weighted by Crippen LogP contribution is 2.32. The lowest BCUT2D eigenvalue weighted by Crippen LogP contribution is -2.10. The minimum absolute atomic E-state index is 0.663. The highest BCUT2D eigenvalue weighted by molar-refractivity contribution is 7.99. The number of aromatic nitrogens is 2. The van der Waals surface area contributed by atoms with Crippen LogP contribution in [0.3, 0.4) is 0 Å². The molecule has 0 spiro atoms. The van der Waals surface area contributed by atoms with Crippen LogP contribution in [0.4, 0.5) is 5.82 Å². The molecule has 3 N–H and O–H groups in total. The van der Waals surface area contributed by atoms with Crippen molar-refractivity contribution in [3.8, 4) is 0 Å². The molecule has 4 nitrogen and oxygen atoms in total. The van der Waals surface area contributed by atoms with Crippen molar-refractivity contribution in [2.24, 2.45) is 5.84 Å². The van der Waals surface area contributed by atoms with Crippen LogP contribution in [0.1, 0.15) is 11.1 Å². The number of nitrogens with one attached hydrogen (secondary N) is 1. The van der Waals surface area contributed by atoms with Crippen molar-refractivity contribution in [1.82, 2.24) is 9.97 Å². The smallest absolute Gasteiger partial charge is 0.147 e. The van der Waals surface area contributed by atoms with Gasteiger partial charge in [0.1, 0.15) is 17.2 Å². The third kappa shape index (κ3) is 2.57. The van der Waals surface area contributed by atoms with Gasteiger partial charge in [0.05, 0.1) is 0 Å². The van der Waals surface area contributed by atoms with Crippen LogP contribution in [-0.4, -0.2) is 9.97 Å². The minimum Gasteiger partial charge on any atom is -0.308 e. The Hall–Kier alpha value is -1.59. The highest BCUT2D eigenvalue weighted by atomic mass is 32.2. The predicted molar refractivity (Wildman–Crippen MR) is 69.9 cm³/mol. The fourth-order valence-electron chi connectivity index (χ4n) is 1.46. The molecule has 0 saturated carbocycles. The highest BCUT2D eigenvalue weighted by Gasteiger charge is 2.08. The van der Waals surface area contributed by atoms with Gasteiger partial charge in [-0.1, -0.05) is 30.0 Å². The third-order valence-corrected chi connectivity index (χ3v) is 3.76. The predicted octanol–water partition coefficient (Wildman–Crippen LogP) is 2.53. The quantitative estimate of drug-likeness (QED) is 0.495. The fourth-order valence-corrected chi connectivity index (χ4v) is 2.39. The molecule has 0 amide bonds. The fraction of sp³-hybridized carbons (Fsp3) is 0.167. The Bertz CT molecular complexity index is 528. The second-order valence-corrected chi connectivity index (χ2v) is 4.69. The summed E-state index contributed by atoms with van der Waals surface area (Å²) in [5, 5.41) is 0.919. The van der Waals surface area contributed by atoms with Crippen LogP contribution in [0.25, 0.3) is 0 Å². The van der Waals surface area contributed by atoms with Gasteiger partial charge >= 0.3 is 0 Å². The van der Waals surface area contributed by atoms with Gasteiger partial charge < -0.3 is 5.43 Å². The number of nitrogen functional groups attached to an aromatic ring is 1. The van der Waals surface area contributed by atoms with E-state index in [2.05, 4.69) is 34.5 Å².